The van der Waals surface area contributed by atoms with Gasteiger partial charge >= 0.3 is 0 Å². The van der Waals surface area contributed by atoms with E-state index in [2.05, 4.69) is 52.2 Å². The fourth-order valence-corrected chi connectivity index (χ4v) is 3.93. The second-order valence-electron chi connectivity index (χ2n) is 9.47. The summed E-state index contributed by atoms with van der Waals surface area (Å²) in [4.78, 5) is 10.2. The fraction of sp³-hybridized carbons (Fsp3) is 0.909. The van der Waals surface area contributed by atoms with Crippen LogP contribution in [0.4, 0.5) is 0 Å². The van der Waals surface area contributed by atoms with E-state index in [1.54, 1.807) is 0 Å². The van der Waals surface area contributed by atoms with Crippen LogP contribution in [0, 0.1) is 11.3 Å². The van der Waals surface area contributed by atoms with Gasteiger partial charge in [0.2, 0.25) is 0 Å². The molecule has 0 aliphatic heterocycles. The molecule has 0 unspecified atom stereocenters. The molecule has 0 bridgehead atoms. The summed E-state index contributed by atoms with van der Waals surface area (Å²) in [6.45, 7) is 15.7. The zero-order valence-electron chi connectivity index (χ0n) is 19.3. The van der Waals surface area contributed by atoms with Crippen molar-refractivity contribution in [3.8, 4) is 6.07 Å². The minimum absolute atomic E-state index is 0.257. The minimum Gasteiger partial charge on any atom is -0.416 e. The van der Waals surface area contributed by atoms with Crippen molar-refractivity contribution in [2.75, 3.05) is 19.7 Å². The Balaban J connectivity index is 0.000000593. The molecular formula is C22H45N3O2Si. The van der Waals surface area contributed by atoms with E-state index in [1.165, 1.54) is 12.8 Å². The largest absolute Gasteiger partial charge is 0.416 e. The van der Waals surface area contributed by atoms with Gasteiger partial charge in [0, 0.05) is 26.0 Å². The van der Waals surface area contributed by atoms with Gasteiger partial charge in [0.1, 0.15) is 11.3 Å². The molecule has 2 aliphatic rings. The molecule has 2 fully saturated rings. The van der Waals surface area contributed by atoms with Crippen LogP contribution >= 0.6 is 0 Å². The first-order valence-electron chi connectivity index (χ1n) is 11.1. The predicted octanol–water partition coefficient (Wildman–Crippen LogP) is 4.92. The Hall–Kier alpha value is -0.743. The molecule has 28 heavy (non-hydrogen) atoms. The average molecular weight is 412 g/mol. The van der Waals surface area contributed by atoms with Crippen LogP contribution in [0.2, 0.25) is 18.1 Å². The lowest BCUT2D eigenvalue weighted by atomic mass is 10.0. The van der Waals surface area contributed by atoms with Gasteiger partial charge in [-0.2, -0.15) is 5.26 Å². The molecule has 0 heterocycles. The van der Waals surface area contributed by atoms with Gasteiger partial charge < -0.3 is 10.2 Å². The maximum atomic E-state index is 10.2. The quantitative estimate of drug-likeness (QED) is 0.478. The van der Waals surface area contributed by atoms with Crippen LogP contribution in [-0.2, 0) is 9.22 Å². The summed E-state index contributed by atoms with van der Waals surface area (Å²) in [5.74, 6) is 0.454. The number of hydrogen-bond acceptors (Lipinski definition) is 5. The number of nitriles is 1. The zero-order valence-corrected chi connectivity index (χ0v) is 20.3. The lowest BCUT2D eigenvalue weighted by molar-refractivity contribution is -0.117. The number of nitrogens with one attached hydrogen (secondary N) is 1. The van der Waals surface area contributed by atoms with E-state index in [4.69, 9.17) is 10.2 Å². The highest BCUT2D eigenvalue weighted by atomic mass is 28.4. The van der Waals surface area contributed by atoms with E-state index in [0.29, 0.717) is 5.78 Å². The highest BCUT2D eigenvalue weighted by Crippen LogP contribution is 2.36. The summed E-state index contributed by atoms with van der Waals surface area (Å²) < 4.78 is 6.11. The SMILES string of the molecule is CC(C)(C)[Si](C)(C)OCCNC1(C#N)CCCC1.CCCN.O=C1CCCC1. The third kappa shape index (κ3) is 10.7. The van der Waals surface area contributed by atoms with Crippen molar-refractivity contribution in [3.63, 3.8) is 0 Å². The molecular weight excluding hydrogens is 366 g/mol. The number of carbonyl (C=O) groups excluding carboxylic acids is 1. The third-order valence-electron chi connectivity index (χ3n) is 5.96. The third-order valence-corrected chi connectivity index (χ3v) is 10.5. The van der Waals surface area contributed by atoms with Crippen LogP contribution in [0.3, 0.4) is 0 Å². The number of nitrogens with zero attached hydrogens (tertiary/aromatic N) is 1. The Morgan fingerprint density at radius 2 is 1.68 bits per heavy atom. The number of ketones is 1. The molecule has 0 aromatic carbocycles. The predicted molar refractivity (Wildman–Crippen MR) is 121 cm³/mol. The van der Waals surface area contributed by atoms with Gasteiger partial charge in [0.25, 0.3) is 0 Å². The van der Waals surface area contributed by atoms with Crippen LogP contribution in [0.5, 0.6) is 0 Å². The fourth-order valence-electron chi connectivity index (χ4n) is 2.89. The lowest BCUT2D eigenvalue weighted by Gasteiger charge is -2.36. The monoisotopic (exact) mass is 411 g/mol. The maximum Gasteiger partial charge on any atom is 0.192 e. The van der Waals surface area contributed by atoms with E-state index in [-0.39, 0.29) is 10.6 Å². The minimum atomic E-state index is -1.64. The number of Topliss-reactive ketones (excluding diaryl/α,β-unsaturated/α-hetero) is 1. The van der Waals surface area contributed by atoms with Crippen molar-refractivity contribution in [2.24, 2.45) is 5.73 Å². The first kappa shape index (κ1) is 27.3. The highest BCUT2D eigenvalue weighted by Gasteiger charge is 2.37. The maximum absolute atomic E-state index is 10.2. The number of rotatable bonds is 6. The number of carbonyl (C=O) groups is 1. The molecule has 2 rings (SSSR count). The van der Waals surface area contributed by atoms with Crippen LogP contribution in [0.15, 0.2) is 0 Å². The van der Waals surface area contributed by atoms with Crippen LogP contribution in [-0.4, -0.2) is 39.3 Å². The molecule has 6 heteroatoms. The zero-order chi connectivity index (χ0) is 21.7. The first-order valence-corrected chi connectivity index (χ1v) is 14.0. The Morgan fingerprint density at radius 1 is 1.18 bits per heavy atom. The molecule has 0 amide bonds. The molecule has 164 valence electrons. The molecule has 0 saturated heterocycles. The molecule has 0 aromatic heterocycles. The lowest BCUT2D eigenvalue weighted by Crippen LogP contribution is -2.46. The van der Waals surface area contributed by atoms with E-state index < -0.39 is 8.32 Å². The Kier molecular flexibility index (Phi) is 13.1. The van der Waals surface area contributed by atoms with Gasteiger partial charge in [-0.05, 0) is 56.8 Å². The molecule has 3 N–H and O–H groups in total. The molecule has 0 radical (unpaired) electrons. The van der Waals surface area contributed by atoms with Crippen molar-refractivity contribution >= 4 is 14.1 Å². The summed E-state index contributed by atoms with van der Waals surface area (Å²) in [6, 6.07) is 2.45. The topological polar surface area (TPSA) is 88.1 Å². The second-order valence-corrected chi connectivity index (χ2v) is 14.3. The molecule has 0 spiro atoms. The Morgan fingerprint density at radius 3 is 2.00 bits per heavy atom. The summed E-state index contributed by atoms with van der Waals surface area (Å²) in [7, 11) is -1.64. The molecule has 2 aliphatic carbocycles. The average Bonchev–Trinajstić information content (AvgIpc) is 3.30. The van der Waals surface area contributed by atoms with Crippen LogP contribution in [0.25, 0.3) is 0 Å². The summed E-state index contributed by atoms with van der Waals surface area (Å²) in [6.07, 6.45) is 9.39. The standard InChI is InChI=1S/C14H28N2OSi.C5H8O.C3H9N/c1-13(2,3)18(4,5)17-11-10-16-14(12-15)8-6-7-9-14;6-5-3-1-2-4-5;1-2-3-4/h16H,6-11H2,1-5H3;1-4H2;2-4H2,1H3. The van der Waals surface area contributed by atoms with Gasteiger partial charge in [-0.3, -0.25) is 10.1 Å². The Labute approximate surface area is 174 Å². The molecule has 2 saturated carbocycles. The summed E-state index contributed by atoms with van der Waals surface area (Å²) in [5.41, 5.74) is 4.76. The van der Waals surface area contributed by atoms with Gasteiger partial charge in [-0.15, -0.1) is 0 Å². The second kappa shape index (κ2) is 13.5. The van der Waals surface area contributed by atoms with Crippen molar-refractivity contribution in [1.82, 2.24) is 5.32 Å². The molecule has 5 nitrogen and oxygen atoms in total. The summed E-state index contributed by atoms with van der Waals surface area (Å²) >= 11 is 0. The van der Waals surface area contributed by atoms with Gasteiger partial charge in [0.05, 0.1) is 6.07 Å². The highest BCUT2D eigenvalue weighted by molar-refractivity contribution is 6.74. The first-order chi connectivity index (χ1) is 13.0. The van der Waals surface area contributed by atoms with Gasteiger partial charge in [-0.25, -0.2) is 0 Å². The number of hydrogen-bond donors (Lipinski definition) is 2. The van der Waals surface area contributed by atoms with Crippen molar-refractivity contribution < 1.29 is 9.22 Å². The van der Waals surface area contributed by atoms with Gasteiger partial charge in [-0.1, -0.05) is 40.5 Å². The normalized spacial score (nSPS) is 18.6. The Bertz CT molecular complexity index is 465. The van der Waals surface area contributed by atoms with Crippen molar-refractivity contribution in [2.45, 2.75) is 109 Å². The van der Waals surface area contributed by atoms with Gasteiger partial charge in [0.15, 0.2) is 8.32 Å². The molecule has 0 aromatic rings. The smallest absolute Gasteiger partial charge is 0.192 e. The van der Waals surface area contributed by atoms with Crippen LogP contribution in [0.1, 0.15) is 85.5 Å². The van der Waals surface area contributed by atoms with Crippen molar-refractivity contribution in [1.29, 1.82) is 5.26 Å². The molecule has 0 atom stereocenters. The number of nitrogens with two attached hydrogens (primary N) is 1. The van der Waals surface area contributed by atoms with Crippen molar-refractivity contribution in [3.05, 3.63) is 0 Å². The summed E-state index contributed by atoms with van der Waals surface area (Å²) in [5, 5.41) is 12.9. The van der Waals surface area contributed by atoms with E-state index in [0.717, 1.165) is 64.6 Å². The van der Waals surface area contributed by atoms with Crippen LogP contribution < -0.4 is 11.1 Å². The van der Waals surface area contributed by atoms with E-state index in [1.807, 2.05) is 0 Å². The van der Waals surface area contributed by atoms with E-state index >= 15 is 0 Å². The van der Waals surface area contributed by atoms with E-state index in [9.17, 15) is 10.1 Å².